The fourth-order valence-corrected chi connectivity index (χ4v) is 2.41. The molecular weight excluding hydrogens is 330 g/mol. The second kappa shape index (κ2) is 9.26. The second-order valence-corrected chi connectivity index (χ2v) is 5.43. The van der Waals surface area contributed by atoms with E-state index in [2.05, 4.69) is 28.2 Å². The standard InChI is InChI=1S/C14H21BrF2N2O/c1-2-5-18-9-11-8-12(15)3-4-13(11)19(6-7-20)10-14(16)17/h3-4,8,14,18,20H,2,5-7,9-10H2,1H3. The van der Waals surface area contributed by atoms with Crippen LogP contribution in [0.1, 0.15) is 18.9 Å². The zero-order valence-electron chi connectivity index (χ0n) is 11.6. The van der Waals surface area contributed by atoms with E-state index in [1.807, 2.05) is 18.2 Å². The lowest BCUT2D eigenvalue weighted by molar-refractivity contribution is 0.152. The number of halogens is 3. The molecule has 1 aromatic rings. The topological polar surface area (TPSA) is 35.5 Å². The number of hydrogen-bond acceptors (Lipinski definition) is 3. The van der Waals surface area contributed by atoms with Gasteiger partial charge in [0.1, 0.15) is 0 Å². The molecule has 3 nitrogen and oxygen atoms in total. The molecule has 0 fully saturated rings. The predicted octanol–water partition coefficient (Wildman–Crippen LogP) is 3.01. The molecule has 0 aromatic heterocycles. The molecule has 0 atom stereocenters. The third kappa shape index (κ3) is 5.73. The van der Waals surface area contributed by atoms with Crippen molar-refractivity contribution in [2.24, 2.45) is 0 Å². The van der Waals surface area contributed by atoms with Gasteiger partial charge in [0.05, 0.1) is 13.2 Å². The van der Waals surface area contributed by atoms with Crippen LogP contribution in [0.2, 0.25) is 0 Å². The summed E-state index contributed by atoms with van der Waals surface area (Å²) < 4.78 is 26.2. The third-order valence-corrected chi connectivity index (χ3v) is 3.35. The molecule has 0 bridgehead atoms. The van der Waals surface area contributed by atoms with Gasteiger partial charge in [0.25, 0.3) is 6.43 Å². The summed E-state index contributed by atoms with van der Waals surface area (Å²) in [6.45, 7) is 3.25. The van der Waals surface area contributed by atoms with Gasteiger partial charge < -0.3 is 15.3 Å². The van der Waals surface area contributed by atoms with Gasteiger partial charge in [0.15, 0.2) is 0 Å². The molecule has 0 aliphatic heterocycles. The molecule has 20 heavy (non-hydrogen) atoms. The van der Waals surface area contributed by atoms with Gasteiger partial charge in [-0.15, -0.1) is 0 Å². The molecule has 0 heterocycles. The molecule has 0 unspecified atom stereocenters. The highest BCUT2D eigenvalue weighted by Gasteiger charge is 2.15. The van der Waals surface area contributed by atoms with E-state index in [-0.39, 0.29) is 19.7 Å². The minimum absolute atomic E-state index is 0.148. The summed E-state index contributed by atoms with van der Waals surface area (Å²) in [4.78, 5) is 1.53. The number of nitrogens with one attached hydrogen (secondary N) is 1. The van der Waals surface area contributed by atoms with E-state index in [1.165, 1.54) is 4.90 Å². The third-order valence-electron chi connectivity index (χ3n) is 2.85. The smallest absolute Gasteiger partial charge is 0.255 e. The summed E-state index contributed by atoms with van der Waals surface area (Å²) in [5.74, 6) is 0. The van der Waals surface area contributed by atoms with Crippen molar-refractivity contribution in [3.05, 3.63) is 28.2 Å². The maximum Gasteiger partial charge on any atom is 0.255 e. The second-order valence-electron chi connectivity index (χ2n) is 4.51. The Balaban J connectivity index is 2.93. The quantitative estimate of drug-likeness (QED) is 0.672. The molecule has 0 spiro atoms. The van der Waals surface area contributed by atoms with E-state index in [9.17, 15) is 8.78 Å². The Bertz CT molecular complexity index is 405. The lowest BCUT2D eigenvalue weighted by atomic mass is 10.1. The molecule has 0 radical (unpaired) electrons. The van der Waals surface area contributed by atoms with Crippen molar-refractivity contribution in [3.8, 4) is 0 Å². The Labute approximate surface area is 127 Å². The average Bonchev–Trinajstić information content (AvgIpc) is 2.38. The van der Waals surface area contributed by atoms with Gasteiger partial charge in [-0.1, -0.05) is 22.9 Å². The zero-order chi connectivity index (χ0) is 15.0. The van der Waals surface area contributed by atoms with Crippen molar-refractivity contribution < 1.29 is 13.9 Å². The van der Waals surface area contributed by atoms with Crippen LogP contribution in [0.5, 0.6) is 0 Å². The fourth-order valence-electron chi connectivity index (χ4n) is 2.00. The number of benzene rings is 1. The van der Waals surface area contributed by atoms with Gasteiger partial charge in [-0.2, -0.15) is 0 Å². The van der Waals surface area contributed by atoms with Crippen molar-refractivity contribution in [1.29, 1.82) is 0 Å². The maximum absolute atomic E-state index is 12.7. The van der Waals surface area contributed by atoms with E-state index in [4.69, 9.17) is 5.11 Å². The number of hydrogen-bond donors (Lipinski definition) is 2. The van der Waals surface area contributed by atoms with Crippen LogP contribution in [0.4, 0.5) is 14.5 Å². The van der Waals surface area contributed by atoms with Gasteiger partial charge in [-0.3, -0.25) is 0 Å². The van der Waals surface area contributed by atoms with Gasteiger partial charge in [-0.05, 0) is 36.7 Å². The molecule has 0 saturated heterocycles. The number of nitrogens with zero attached hydrogens (tertiary/aromatic N) is 1. The van der Waals surface area contributed by atoms with Gasteiger partial charge in [0.2, 0.25) is 0 Å². The van der Waals surface area contributed by atoms with E-state index < -0.39 is 6.43 Å². The van der Waals surface area contributed by atoms with Crippen molar-refractivity contribution in [2.75, 3.05) is 31.1 Å². The van der Waals surface area contributed by atoms with Crippen LogP contribution in [0.3, 0.4) is 0 Å². The van der Waals surface area contributed by atoms with Crippen LogP contribution in [0.25, 0.3) is 0 Å². The molecule has 0 saturated carbocycles. The molecule has 114 valence electrons. The SMILES string of the molecule is CCCNCc1cc(Br)ccc1N(CCO)CC(F)F. The van der Waals surface area contributed by atoms with Gasteiger partial charge >= 0.3 is 0 Å². The normalized spacial score (nSPS) is 11.1. The Kier molecular flexibility index (Phi) is 8.02. The number of anilines is 1. The van der Waals surface area contributed by atoms with Crippen molar-refractivity contribution >= 4 is 21.6 Å². The van der Waals surface area contributed by atoms with Crippen molar-refractivity contribution in [2.45, 2.75) is 26.3 Å². The first kappa shape index (κ1) is 17.3. The molecule has 0 aliphatic rings. The highest BCUT2D eigenvalue weighted by molar-refractivity contribution is 9.10. The summed E-state index contributed by atoms with van der Waals surface area (Å²) in [5.41, 5.74) is 1.69. The first-order valence-corrected chi connectivity index (χ1v) is 7.50. The van der Waals surface area contributed by atoms with Crippen LogP contribution >= 0.6 is 15.9 Å². The molecule has 1 aromatic carbocycles. The maximum atomic E-state index is 12.7. The first-order valence-electron chi connectivity index (χ1n) is 6.71. The molecule has 1 rings (SSSR count). The zero-order valence-corrected chi connectivity index (χ0v) is 13.2. The minimum Gasteiger partial charge on any atom is -0.395 e. The Hall–Kier alpha value is -0.720. The molecule has 0 aliphatic carbocycles. The van der Waals surface area contributed by atoms with Crippen molar-refractivity contribution in [1.82, 2.24) is 5.32 Å². The number of rotatable bonds is 9. The monoisotopic (exact) mass is 350 g/mol. The van der Waals surface area contributed by atoms with E-state index in [0.29, 0.717) is 6.54 Å². The van der Waals surface area contributed by atoms with Crippen LogP contribution in [-0.4, -0.2) is 37.8 Å². The summed E-state index contributed by atoms with van der Waals surface area (Å²) >= 11 is 3.40. The van der Waals surface area contributed by atoms with Crippen LogP contribution in [-0.2, 0) is 6.54 Å². The summed E-state index contributed by atoms with van der Waals surface area (Å²) in [6, 6.07) is 5.56. The minimum atomic E-state index is -2.43. The molecule has 2 N–H and O–H groups in total. The van der Waals surface area contributed by atoms with Crippen molar-refractivity contribution in [3.63, 3.8) is 0 Å². The summed E-state index contributed by atoms with van der Waals surface area (Å²) in [5, 5.41) is 12.3. The van der Waals surface area contributed by atoms with Gasteiger partial charge in [0, 0.05) is 23.2 Å². The van der Waals surface area contributed by atoms with Gasteiger partial charge in [-0.25, -0.2) is 8.78 Å². The van der Waals surface area contributed by atoms with E-state index >= 15 is 0 Å². The Morgan fingerprint density at radius 3 is 2.75 bits per heavy atom. The van der Waals surface area contributed by atoms with Crippen LogP contribution in [0, 0.1) is 0 Å². The number of alkyl halides is 2. The lowest BCUT2D eigenvalue weighted by Gasteiger charge is -2.26. The fraction of sp³-hybridized carbons (Fsp3) is 0.571. The number of aliphatic hydroxyl groups excluding tert-OH is 1. The Morgan fingerprint density at radius 2 is 2.15 bits per heavy atom. The largest absolute Gasteiger partial charge is 0.395 e. The Morgan fingerprint density at radius 1 is 1.40 bits per heavy atom. The predicted molar refractivity (Wildman–Crippen MR) is 81.4 cm³/mol. The lowest BCUT2D eigenvalue weighted by Crippen LogP contribution is -2.33. The number of aliphatic hydroxyl groups is 1. The summed E-state index contributed by atoms with van der Waals surface area (Å²) in [7, 11) is 0. The molecule has 0 amide bonds. The highest BCUT2D eigenvalue weighted by atomic mass is 79.9. The highest BCUT2D eigenvalue weighted by Crippen LogP contribution is 2.25. The van der Waals surface area contributed by atoms with E-state index in [0.717, 1.165) is 28.7 Å². The first-order chi connectivity index (χ1) is 9.58. The summed E-state index contributed by atoms with van der Waals surface area (Å²) in [6.07, 6.45) is -1.41. The molecule has 6 heteroatoms. The van der Waals surface area contributed by atoms with Crippen LogP contribution in [0.15, 0.2) is 22.7 Å². The van der Waals surface area contributed by atoms with E-state index in [1.54, 1.807) is 0 Å². The average molecular weight is 351 g/mol. The van der Waals surface area contributed by atoms with Crippen LogP contribution < -0.4 is 10.2 Å². The molecular formula is C14H21BrF2N2O.